The van der Waals surface area contributed by atoms with Crippen LogP contribution in [0.25, 0.3) is 0 Å². The number of hydrogen-bond acceptors (Lipinski definition) is 3. The molecule has 3 nitrogen and oxygen atoms in total. The van der Waals surface area contributed by atoms with Crippen LogP contribution in [-0.2, 0) is 10.2 Å². The van der Waals surface area contributed by atoms with Gasteiger partial charge in [0.2, 0.25) is 0 Å². The molecule has 3 aliphatic rings. The molecule has 0 heterocycles. The minimum Gasteiger partial charge on any atom is -0.495 e. The highest BCUT2D eigenvalue weighted by Gasteiger charge is 2.49. The fourth-order valence-corrected chi connectivity index (χ4v) is 3.89. The van der Waals surface area contributed by atoms with Gasteiger partial charge in [0, 0.05) is 5.41 Å². The Labute approximate surface area is 114 Å². The van der Waals surface area contributed by atoms with Crippen molar-refractivity contribution in [1.82, 2.24) is 0 Å². The quantitative estimate of drug-likeness (QED) is 0.670. The molecule has 2 N–H and O–H groups in total. The average Bonchev–Trinajstić information content (AvgIpc) is 2.49. The Bertz CT molecular complexity index is 485. The minimum atomic E-state index is -0.0141. The van der Waals surface area contributed by atoms with Crippen LogP contribution in [0.3, 0.4) is 0 Å². The van der Waals surface area contributed by atoms with E-state index < -0.39 is 0 Å². The first-order valence-corrected chi connectivity index (χ1v) is 7.03. The Morgan fingerprint density at radius 3 is 2.26 bits per heavy atom. The van der Waals surface area contributed by atoms with Crippen LogP contribution >= 0.6 is 0 Å². The van der Waals surface area contributed by atoms with E-state index in [4.69, 9.17) is 10.5 Å². The number of carbonyl (C=O) groups is 1. The summed E-state index contributed by atoms with van der Waals surface area (Å²) in [6, 6.07) is 6.18. The summed E-state index contributed by atoms with van der Waals surface area (Å²) in [4.78, 5) is 11.3. The monoisotopic (exact) mass is 259 g/mol. The zero-order valence-electron chi connectivity index (χ0n) is 11.4. The summed E-state index contributed by atoms with van der Waals surface area (Å²) in [6.45, 7) is 0. The molecule has 2 bridgehead atoms. The van der Waals surface area contributed by atoms with Crippen molar-refractivity contribution in [3.8, 4) is 5.75 Å². The van der Waals surface area contributed by atoms with Crippen molar-refractivity contribution in [2.45, 2.75) is 43.9 Å². The molecular weight excluding hydrogens is 238 g/mol. The van der Waals surface area contributed by atoms with Crippen molar-refractivity contribution in [2.75, 3.05) is 12.8 Å². The first kappa shape index (κ1) is 12.5. The maximum absolute atomic E-state index is 11.3. The van der Waals surface area contributed by atoms with Gasteiger partial charge in [0.25, 0.3) is 0 Å². The predicted octanol–water partition coefficient (Wildman–Crippen LogP) is 3.07. The number of benzene rings is 1. The Morgan fingerprint density at radius 2 is 1.79 bits per heavy atom. The molecular formula is C16H21NO2. The van der Waals surface area contributed by atoms with Crippen LogP contribution in [0.1, 0.15) is 44.1 Å². The van der Waals surface area contributed by atoms with Gasteiger partial charge in [-0.1, -0.05) is 6.07 Å². The molecule has 0 unspecified atom stereocenters. The lowest BCUT2D eigenvalue weighted by atomic mass is 9.52. The fourth-order valence-electron chi connectivity index (χ4n) is 3.89. The van der Waals surface area contributed by atoms with E-state index in [0.29, 0.717) is 5.69 Å². The molecule has 3 heteroatoms. The molecule has 0 aliphatic heterocycles. The Balaban J connectivity index is 1.91. The topological polar surface area (TPSA) is 52.3 Å². The van der Waals surface area contributed by atoms with Crippen molar-refractivity contribution in [1.29, 1.82) is 0 Å². The van der Waals surface area contributed by atoms with Gasteiger partial charge in [0.15, 0.2) is 0 Å². The summed E-state index contributed by atoms with van der Waals surface area (Å²) in [5.41, 5.74) is 8.30. The number of rotatable bonds is 3. The second-order valence-corrected chi connectivity index (χ2v) is 6.22. The molecule has 0 atom stereocenters. The van der Waals surface area contributed by atoms with Crippen LogP contribution in [0.5, 0.6) is 5.75 Å². The van der Waals surface area contributed by atoms with E-state index >= 15 is 0 Å². The summed E-state index contributed by atoms with van der Waals surface area (Å²) in [5.74, 6) is 0.744. The standard InChI is InChI=1S/C16H21NO2/c1-19-14-3-2-12(10-13(14)17)16-7-4-15(11-18,5-8-16)6-9-16/h2-3,10-11H,4-9,17H2,1H3. The molecule has 4 rings (SSSR count). The van der Waals surface area contributed by atoms with Crippen LogP contribution in [0.4, 0.5) is 5.69 Å². The third-order valence-corrected chi connectivity index (χ3v) is 5.40. The van der Waals surface area contributed by atoms with Crippen LogP contribution in [0, 0.1) is 5.41 Å². The maximum atomic E-state index is 11.3. The van der Waals surface area contributed by atoms with Crippen molar-refractivity contribution < 1.29 is 9.53 Å². The predicted molar refractivity (Wildman–Crippen MR) is 75.3 cm³/mol. The number of anilines is 1. The summed E-state index contributed by atoms with van der Waals surface area (Å²) in [6.07, 6.45) is 7.62. The largest absolute Gasteiger partial charge is 0.495 e. The Hall–Kier alpha value is -1.51. The lowest BCUT2D eigenvalue weighted by molar-refractivity contribution is -0.122. The Kier molecular flexibility index (Phi) is 2.80. The highest BCUT2D eigenvalue weighted by atomic mass is 16.5. The molecule has 3 aliphatic carbocycles. The molecule has 0 aromatic heterocycles. The number of fused-ring (bicyclic) bond motifs is 3. The highest BCUT2D eigenvalue weighted by molar-refractivity contribution is 5.61. The highest BCUT2D eigenvalue weighted by Crippen LogP contribution is 2.57. The maximum Gasteiger partial charge on any atom is 0.141 e. The number of nitrogen functional groups attached to an aromatic ring is 1. The first-order chi connectivity index (χ1) is 9.13. The first-order valence-electron chi connectivity index (χ1n) is 7.03. The van der Waals surface area contributed by atoms with Crippen molar-refractivity contribution >= 4 is 12.0 Å². The molecule has 1 aromatic rings. The molecule has 0 radical (unpaired) electrons. The molecule has 1 aromatic carbocycles. The molecule has 0 spiro atoms. The van der Waals surface area contributed by atoms with Gasteiger partial charge in [-0.05, 0) is 61.6 Å². The van der Waals surface area contributed by atoms with Gasteiger partial charge in [0.05, 0.1) is 12.8 Å². The lowest BCUT2D eigenvalue weighted by Crippen LogP contribution is -2.44. The van der Waals surface area contributed by atoms with Crippen molar-refractivity contribution in [3.63, 3.8) is 0 Å². The molecule has 102 valence electrons. The van der Waals surface area contributed by atoms with Crippen LogP contribution in [0.15, 0.2) is 18.2 Å². The van der Waals surface area contributed by atoms with Gasteiger partial charge in [-0.25, -0.2) is 0 Å². The fraction of sp³-hybridized carbons (Fsp3) is 0.562. The number of nitrogens with two attached hydrogens (primary N) is 1. The second kappa shape index (κ2) is 4.26. The van der Waals surface area contributed by atoms with E-state index in [1.165, 1.54) is 11.8 Å². The number of ether oxygens (including phenoxy) is 1. The summed E-state index contributed by atoms with van der Waals surface area (Å²) in [5, 5.41) is 0. The second-order valence-electron chi connectivity index (χ2n) is 6.22. The smallest absolute Gasteiger partial charge is 0.141 e. The third-order valence-electron chi connectivity index (χ3n) is 5.40. The number of carbonyl (C=O) groups excluding carboxylic acids is 1. The van der Waals surface area contributed by atoms with E-state index in [0.717, 1.165) is 44.3 Å². The van der Waals surface area contributed by atoms with E-state index in [-0.39, 0.29) is 10.8 Å². The minimum absolute atomic E-state index is 0.0141. The van der Waals surface area contributed by atoms with Crippen LogP contribution < -0.4 is 10.5 Å². The normalized spacial score (nSPS) is 33.1. The van der Waals surface area contributed by atoms with E-state index in [1.807, 2.05) is 6.07 Å². The molecule has 3 saturated carbocycles. The Morgan fingerprint density at radius 1 is 1.16 bits per heavy atom. The van der Waals surface area contributed by atoms with Crippen molar-refractivity contribution in [3.05, 3.63) is 23.8 Å². The van der Waals surface area contributed by atoms with Gasteiger partial charge >= 0.3 is 0 Å². The zero-order valence-corrected chi connectivity index (χ0v) is 11.4. The summed E-state index contributed by atoms with van der Waals surface area (Å²) >= 11 is 0. The van der Waals surface area contributed by atoms with Gasteiger partial charge in [-0.15, -0.1) is 0 Å². The number of methoxy groups -OCH3 is 1. The molecule has 0 amide bonds. The van der Waals surface area contributed by atoms with Crippen LogP contribution in [0.2, 0.25) is 0 Å². The summed E-state index contributed by atoms with van der Waals surface area (Å²) < 4.78 is 5.23. The van der Waals surface area contributed by atoms with E-state index in [1.54, 1.807) is 7.11 Å². The lowest BCUT2D eigenvalue weighted by Gasteiger charge is -2.51. The van der Waals surface area contributed by atoms with E-state index in [9.17, 15) is 4.79 Å². The SMILES string of the molecule is COc1ccc(C23CCC(C=O)(CC2)CC3)cc1N. The number of aldehydes is 1. The van der Waals surface area contributed by atoms with Crippen molar-refractivity contribution in [2.24, 2.45) is 5.41 Å². The number of hydrogen-bond donors (Lipinski definition) is 1. The van der Waals surface area contributed by atoms with Gasteiger partial charge in [-0.2, -0.15) is 0 Å². The van der Waals surface area contributed by atoms with Gasteiger partial charge in [-0.3, -0.25) is 0 Å². The molecule has 0 saturated heterocycles. The molecule has 3 fully saturated rings. The van der Waals surface area contributed by atoms with Crippen LogP contribution in [-0.4, -0.2) is 13.4 Å². The van der Waals surface area contributed by atoms with Gasteiger partial charge in [0.1, 0.15) is 12.0 Å². The average molecular weight is 259 g/mol. The molecule has 19 heavy (non-hydrogen) atoms. The summed E-state index contributed by atoms with van der Waals surface area (Å²) in [7, 11) is 1.64. The third kappa shape index (κ3) is 1.83. The van der Waals surface area contributed by atoms with E-state index in [2.05, 4.69) is 12.1 Å². The zero-order chi connectivity index (χ0) is 13.5. The van der Waals surface area contributed by atoms with Gasteiger partial charge < -0.3 is 15.3 Å².